The Bertz CT molecular complexity index is 1190. The molecule has 0 saturated carbocycles. The van der Waals surface area contributed by atoms with Crippen molar-refractivity contribution < 1.29 is 17.9 Å². The summed E-state index contributed by atoms with van der Waals surface area (Å²) in [5.74, 6) is 0.301. The fourth-order valence-electron chi connectivity index (χ4n) is 2.99. The smallest absolute Gasteiger partial charge is 0.262 e. The van der Waals surface area contributed by atoms with E-state index in [0.29, 0.717) is 17.1 Å². The zero-order valence-corrected chi connectivity index (χ0v) is 20.5. The first-order valence-corrected chi connectivity index (χ1v) is 12.2. The highest BCUT2D eigenvalue weighted by Crippen LogP contribution is 2.33. The van der Waals surface area contributed by atoms with Crippen LogP contribution in [0.2, 0.25) is 0 Å². The molecule has 0 aliphatic heterocycles. The van der Waals surface area contributed by atoms with E-state index < -0.39 is 10.0 Å². The molecule has 0 radical (unpaired) electrons. The van der Waals surface area contributed by atoms with Gasteiger partial charge in [-0.15, -0.1) is 0 Å². The summed E-state index contributed by atoms with van der Waals surface area (Å²) in [6.45, 7) is 6.05. The van der Waals surface area contributed by atoms with Crippen molar-refractivity contribution in [1.29, 1.82) is 0 Å². The minimum absolute atomic E-state index is 0.0975. The van der Waals surface area contributed by atoms with Crippen LogP contribution in [-0.4, -0.2) is 20.9 Å². The second kappa shape index (κ2) is 9.75. The van der Waals surface area contributed by atoms with Crippen LogP contribution in [0.4, 0.5) is 11.4 Å². The minimum Gasteiger partial charge on any atom is -0.483 e. The van der Waals surface area contributed by atoms with Gasteiger partial charge in [0.1, 0.15) is 5.75 Å². The number of sulfonamides is 1. The number of amides is 1. The number of hydrogen-bond acceptors (Lipinski definition) is 4. The maximum atomic E-state index is 12.5. The Kier molecular flexibility index (Phi) is 7.26. The van der Waals surface area contributed by atoms with Crippen molar-refractivity contribution in [1.82, 2.24) is 0 Å². The number of para-hydroxylation sites is 1. The van der Waals surface area contributed by atoms with Gasteiger partial charge in [0.25, 0.3) is 15.9 Å². The van der Waals surface area contributed by atoms with E-state index in [4.69, 9.17) is 4.74 Å². The van der Waals surface area contributed by atoms with E-state index in [1.165, 1.54) is 24.3 Å². The van der Waals surface area contributed by atoms with Crippen molar-refractivity contribution in [3.63, 3.8) is 0 Å². The molecule has 0 saturated heterocycles. The van der Waals surface area contributed by atoms with Gasteiger partial charge in [-0.05, 0) is 60.0 Å². The zero-order chi connectivity index (χ0) is 23.4. The molecule has 3 aromatic rings. The molecule has 3 rings (SSSR count). The molecule has 3 aromatic carbocycles. The Morgan fingerprint density at radius 2 is 1.59 bits per heavy atom. The van der Waals surface area contributed by atoms with Crippen LogP contribution in [0.15, 0.2) is 82.2 Å². The number of hydrogen-bond donors (Lipinski definition) is 2. The van der Waals surface area contributed by atoms with Crippen LogP contribution in [0.5, 0.6) is 5.75 Å². The zero-order valence-electron chi connectivity index (χ0n) is 18.1. The van der Waals surface area contributed by atoms with E-state index in [-0.39, 0.29) is 22.8 Å². The topological polar surface area (TPSA) is 84.5 Å². The Morgan fingerprint density at radius 1 is 0.938 bits per heavy atom. The summed E-state index contributed by atoms with van der Waals surface area (Å²) in [5.41, 5.74) is 1.79. The van der Waals surface area contributed by atoms with Gasteiger partial charge in [0, 0.05) is 21.4 Å². The van der Waals surface area contributed by atoms with Crippen LogP contribution in [0.3, 0.4) is 0 Å². The average Bonchev–Trinajstić information content (AvgIpc) is 2.73. The molecule has 2 N–H and O–H groups in total. The summed E-state index contributed by atoms with van der Waals surface area (Å²) in [6.07, 6.45) is 0. The number of carbonyl (C=O) groups is 1. The van der Waals surface area contributed by atoms with E-state index in [2.05, 4.69) is 46.7 Å². The molecule has 0 aliphatic carbocycles. The second-order valence-electron chi connectivity index (χ2n) is 8.22. The third-order valence-electron chi connectivity index (χ3n) is 4.58. The molecule has 8 heteroatoms. The fraction of sp³-hybridized carbons (Fsp3) is 0.208. The largest absolute Gasteiger partial charge is 0.483 e. The molecule has 0 aromatic heterocycles. The molecular weight excluding hydrogens is 492 g/mol. The Balaban J connectivity index is 1.62. The molecule has 0 aliphatic rings. The molecule has 0 spiro atoms. The maximum Gasteiger partial charge on any atom is 0.262 e. The number of anilines is 2. The summed E-state index contributed by atoms with van der Waals surface area (Å²) in [5, 5.41) is 2.72. The van der Waals surface area contributed by atoms with Gasteiger partial charge in [-0.25, -0.2) is 8.42 Å². The Hall–Kier alpha value is -2.84. The molecule has 0 bridgehead atoms. The molecule has 0 heterocycles. The lowest BCUT2D eigenvalue weighted by Crippen LogP contribution is -2.22. The molecule has 6 nitrogen and oxygen atoms in total. The minimum atomic E-state index is -3.72. The number of halogens is 1. The van der Waals surface area contributed by atoms with Crippen molar-refractivity contribution >= 4 is 43.2 Å². The van der Waals surface area contributed by atoms with Crippen LogP contribution in [0.1, 0.15) is 26.3 Å². The summed E-state index contributed by atoms with van der Waals surface area (Å²) in [7, 11) is -3.72. The SMILES string of the molecule is CC(C)(C)c1cc(Br)ccc1OCC(=O)Nc1ccc(S(=O)(=O)Nc2ccccc2)cc1. The molecule has 0 fully saturated rings. The van der Waals surface area contributed by atoms with E-state index >= 15 is 0 Å². The third kappa shape index (κ3) is 6.34. The molecule has 0 unspecified atom stereocenters. The van der Waals surface area contributed by atoms with Gasteiger partial charge in [0.2, 0.25) is 0 Å². The van der Waals surface area contributed by atoms with Crippen molar-refractivity contribution in [3.8, 4) is 5.75 Å². The normalized spacial score (nSPS) is 11.6. The predicted molar refractivity (Wildman–Crippen MR) is 131 cm³/mol. The van der Waals surface area contributed by atoms with E-state index in [9.17, 15) is 13.2 Å². The fourth-order valence-corrected chi connectivity index (χ4v) is 4.41. The number of ether oxygens (including phenoxy) is 1. The number of benzene rings is 3. The first-order valence-electron chi connectivity index (χ1n) is 9.95. The van der Waals surface area contributed by atoms with Gasteiger partial charge in [-0.3, -0.25) is 9.52 Å². The maximum absolute atomic E-state index is 12.5. The first-order chi connectivity index (χ1) is 15.0. The van der Waals surface area contributed by atoms with Gasteiger partial charge in [0.15, 0.2) is 6.61 Å². The van der Waals surface area contributed by atoms with E-state index in [1.807, 2.05) is 18.2 Å². The summed E-state index contributed by atoms with van der Waals surface area (Å²) in [4.78, 5) is 12.5. The monoisotopic (exact) mass is 516 g/mol. The Morgan fingerprint density at radius 3 is 2.22 bits per heavy atom. The third-order valence-corrected chi connectivity index (χ3v) is 6.47. The summed E-state index contributed by atoms with van der Waals surface area (Å²) < 4.78 is 34.2. The molecule has 168 valence electrons. The van der Waals surface area contributed by atoms with Crippen molar-refractivity contribution in [2.24, 2.45) is 0 Å². The van der Waals surface area contributed by atoms with E-state index in [1.54, 1.807) is 30.3 Å². The highest BCUT2D eigenvalue weighted by molar-refractivity contribution is 9.10. The van der Waals surface area contributed by atoms with Crippen LogP contribution < -0.4 is 14.8 Å². The lowest BCUT2D eigenvalue weighted by atomic mass is 9.86. The quantitative estimate of drug-likeness (QED) is 0.430. The highest BCUT2D eigenvalue weighted by atomic mass is 79.9. The van der Waals surface area contributed by atoms with Crippen LogP contribution in [-0.2, 0) is 20.2 Å². The summed E-state index contributed by atoms with van der Waals surface area (Å²) in [6, 6.07) is 20.3. The standard InChI is InChI=1S/C24H25BrN2O4S/c1-24(2,3)21-15-17(25)9-14-22(21)31-16-23(28)26-18-10-12-20(13-11-18)32(29,30)27-19-7-5-4-6-8-19/h4-15,27H,16H2,1-3H3,(H,26,28). The van der Waals surface area contributed by atoms with Gasteiger partial charge < -0.3 is 10.1 Å². The van der Waals surface area contributed by atoms with Gasteiger partial charge in [-0.1, -0.05) is 54.9 Å². The van der Waals surface area contributed by atoms with Crippen molar-refractivity contribution in [2.75, 3.05) is 16.6 Å². The predicted octanol–water partition coefficient (Wildman–Crippen LogP) is 5.56. The first kappa shape index (κ1) is 23.8. The number of carbonyl (C=O) groups excluding carboxylic acids is 1. The summed E-state index contributed by atoms with van der Waals surface area (Å²) >= 11 is 3.47. The molecule has 32 heavy (non-hydrogen) atoms. The molecular formula is C24H25BrN2O4S. The number of rotatable bonds is 7. The van der Waals surface area contributed by atoms with E-state index in [0.717, 1.165) is 10.0 Å². The van der Waals surface area contributed by atoms with Gasteiger partial charge >= 0.3 is 0 Å². The van der Waals surface area contributed by atoms with Gasteiger partial charge in [0.05, 0.1) is 4.90 Å². The van der Waals surface area contributed by atoms with Crippen molar-refractivity contribution in [2.45, 2.75) is 31.1 Å². The van der Waals surface area contributed by atoms with Crippen LogP contribution in [0, 0.1) is 0 Å². The van der Waals surface area contributed by atoms with Crippen LogP contribution in [0.25, 0.3) is 0 Å². The molecule has 0 atom stereocenters. The average molecular weight is 517 g/mol. The highest BCUT2D eigenvalue weighted by Gasteiger charge is 2.20. The van der Waals surface area contributed by atoms with Crippen molar-refractivity contribution in [3.05, 3.63) is 82.8 Å². The Labute approximate surface area is 197 Å². The van der Waals surface area contributed by atoms with Gasteiger partial charge in [-0.2, -0.15) is 0 Å². The molecule has 1 amide bonds. The lowest BCUT2D eigenvalue weighted by molar-refractivity contribution is -0.118. The van der Waals surface area contributed by atoms with Crippen LogP contribution >= 0.6 is 15.9 Å². The number of nitrogens with one attached hydrogen (secondary N) is 2. The second-order valence-corrected chi connectivity index (χ2v) is 10.8. The lowest BCUT2D eigenvalue weighted by Gasteiger charge is -2.23.